The van der Waals surface area contributed by atoms with Gasteiger partial charge >= 0.3 is 0 Å². The number of aryl methyl sites for hydroxylation is 6. The van der Waals surface area contributed by atoms with E-state index in [0.717, 1.165) is 149 Å². The molecule has 10 heteroatoms. The minimum Gasteiger partial charge on any atom is -0.440 e. The quantitative estimate of drug-likeness (QED) is 0.140. The third-order valence-electron chi connectivity index (χ3n) is 22.9. The van der Waals surface area contributed by atoms with Crippen molar-refractivity contribution in [2.75, 3.05) is 19.6 Å². The van der Waals surface area contributed by atoms with E-state index < -0.39 is 0 Å². The fraction of sp³-hybridized carbons (Fsp3) is 0.256. The Morgan fingerprint density at radius 1 is 0.344 bits per heavy atom. The van der Waals surface area contributed by atoms with E-state index in [1.165, 1.54) is 33.2 Å². The second-order valence-corrected chi connectivity index (χ2v) is 30.9. The van der Waals surface area contributed by atoms with Crippen molar-refractivity contribution in [2.45, 2.75) is 144 Å². The van der Waals surface area contributed by atoms with Gasteiger partial charge in [0.2, 0.25) is 11.8 Å². The third-order valence-corrected chi connectivity index (χ3v) is 22.9. The molecule has 11 aromatic rings. The number of aromatic nitrogens is 2. The van der Waals surface area contributed by atoms with Gasteiger partial charge in [0, 0.05) is 51.9 Å². The fourth-order valence-electron chi connectivity index (χ4n) is 17.5. The average Bonchev–Trinajstić information content (AvgIpc) is 0.697. The van der Waals surface area contributed by atoms with Crippen LogP contribution in [0.1, 0.15) is 137 Å². The normalized spacial score (nSPS) is 16.5. The molecule has 0 N–H and O–H groups in total. The van der Waals surface area contributed by atoms with E-state index in [9.17, 15) is 0 Å². The molecule has 0 bridgehead atoms. The number of nitrogens with zero attached hydrogens (tertiary/aromatic N) is 6. The number of hydrogen-bond donors (Lipinski definition) is 0. The van der Waals surface area contributed by atoms with E-state index in [-0.39, 0.29) is 35.1 Å². The number of anilines is 12. The number of pyridine rings is 2. The molecule has 0 saturated heterocycles. The van der Waals surface area contributed by atoms with E-state index in [2.05, 4.69) is 311 Å². The summed E-state index contributed by atoms with van der Waals surface area (Å²) in [5.41, 5.74) is 30.1. The highest BCUT2D eigenvalue weighted by Crippen LogP contribution is 2.54. The molecule has 0 atom stereocenters. The zero-order valence-electron chi connectivity index (χ0n) is 58.0. The van der Waals surface area contributed by atoms with Gasteiger partial charge in [0.05, 0.1) is 34.1 Å². The van der Waals surface area contributed by atoms with Crippen molar-refractivity contribution in [2.24, 2.45) is 0 Å². The molecule has 9 aromatic carbocycles. The van der Waals surface area contributed by atoms with Crippen molar-refractivity contribution >= 4 is 115 Å². The van der Waals surface area contributed by atoms with E-state index in [1.807, 2.05) is 0 Å². The maximum atomic E-state index is 7.65. The van der Waals surface area contributed by atoms with Crippen molar-refractivity contribution in [3.05, 3.63) is 250 Å². The van der Waals surface area contributed by atoms with Gasteiger partial charge in [-0.05, 0) is 215 Å². The van der Waals surface area contributed by atoms with Gasteiger partial charge in [-0.1, -0.05) is 183 Å². The average molecular weight is 1250 g/mol. The fourth-order valence-corrected chi connectivity index (χ4v) is 17.5. The lowest BCUT2D eigenvalue weighted by atomic mass is 9.31. The van der Waals surface area contributed by atoms with Crippen molar-refractivity contribution < 1.29 is 9.47 Å². The SMILES string of the molecule is Cc1ccccc1N(c1cc2c3c(n1)Oc1cc4c(cc1B3c1ccccc1N2c1ccc2c(c1)C(C)(C)CCC2(C)C)B1c2ccccc2N(c2ccc3c(c2)C(C)(C)CCC3(C)C)c2cc(N(c3ccccc3C)c3c(C)cccc3C)nc(c21)O4)c1c(C)cccc1C. The second-order valence-electron chi connectivity index (χ2n) is 30.9. The number of hydrogen-bond acceptors (Lipinski definition) is 8. The van der Waals surface area contributed by atoms with Crippen molar-refractivity contribution in [1.29, 1.82) is 0 Å². The number of benzene rings is 9. The Kier molecular flexibility index (Phi) is 13.3. The summed E-state index contributed by atoms with van der Waals surface area (Å²) in [6.07, 6.45) is 4.50. The molecule has 2 aromatic heterocycles. The summed E-state index contributed by atoms with van der Waals surface area (Å²) in [6.45, 7) is 32.1. The van der Waals surface area contributed by atoms with E-state index in [0.29, 0.717) is 23.3 Å². The molecule has 2 aliphatic carbocycles. The minimum atomic E-state index is -0.266. The first kappa shape index (κ1) is 59.9. The Morgan fingerprint density at radius 2 is 0.698 bits per heavy atom. The summed E-state index contributed by atoms with van der Waals surface area (Å²) >= 11 is 0. The molecule has 8 nitrogen and oxygen atoms in total. The molecule has 0 radical (unpaired) electrons. The van der Waals surface area contributed by atoms with Gasteiger partial charge in [-0.2, -0.15) is 9.97 Å². The molecule has 6 heterocycles. The Hall–Kier alpha value is -9.79. The predicted octanol–water partition coefficient (Wildman–Crippen LogP) is 18.8. The lowest BCUT2D eigenvalue weighted by Gasteiger charge is -2.44. The summed E-state index contributed by atoms with van der Waals surface area (Å²) in [6, 6.07) is 72.5. The van der Waals surface area contributed by atoms with Crippen LogP contribution >= 0.6 is 0 Å². The lowest BCUT2D eigenvalue weighted by molar-refractivity contribution is 0.332. The van der Waals surface area contributed by atoms with Gasteiger partial charge in [-0.25, -0.2) is 0 Å². The molecule has 474 valence electrons. The van der Waals surface area contributed by atoms with Crippen LogP contribution in [0.4, 0.5) is 68.5 Å². The molecule has 0 saturated carbocycles. The standard InChI is InChI=1S/C86H82B2N6O2/c1-51-25-15-19-33-67(51)93(79-53(3)27-23-28-54(79)4)75-48-71-77-81(89-75)95-73-50-74-66(47-65(73)87(77)63-31-17-21-35-69(63)91(71)57-37-39-59-61(45-57)85(11,12)43-41-83(59,7)8)88-64-32-18-22-36-70(64)92(58-38-40-60-62(46-58)86(13,14)44-42-84(60,9)10)72-49-76(90-82(96-74)78(72)88)94(68-34-20-16-26-52(68)2)80-55(5)29-24-30-56(80)6/h15-40,45-50H,41-44H2,1-14H3. The van der Waals surface area contributed by atoms with Crippen LogP contribution in [0.5, 0.6) is 23.3 Å². The largest absolute Gasteiger partial charge is 0.440 e. The van der Waals surface area contributed by atoms with Crippen LogP contribution in [0.15, 0.2) is 194 Å². The van der Waals surface area contributed by atoms with Crippen LogP contribution in [-0.4, -0.2) is 23.4 Å². The molecule has 17 rings (SSSR count). The zero-order valence-corrected chi connectivity index (χ0v) is 58.0. The second kappa shape index (κ2) is 21.4. The summed E-state index contributed by atoms with van der Waals surface area (Å²) in [5.74, 6) is 4.09. The van der Waals surface area contributed by atoms with Crippen LogP contribution in [0.25, 0.3) is 0 Å². The first-order valence-electron chi connectivity index (χ1n) is 34.6. The maximum absolute atomic E-state index is 7.65. The van der Waals surface area contributed by atoms with E-state index in [4.69, 9.17) is 19.4 Å². The van der Waals surface area contributed by atoms with Gasteiger partial charge < -0.3 is 19.3 Å². The van der Waals surface area contributed by atoms with Crippen molar-refractivity contribution in [3.8, 4) is 23.3 Å². The minimum absolute atomic E-state index is 0.0198. The molecular formula is C86H82B2N6O2. The Labute approximate surface area is 567 Å². The monoisotopic (exact) mass is 1250 g/mol. The van der Waals surface area contributed by atoms with Gasteiger partial charge in [0.25, 0.3) is 13.4 Å². The topological polar surface area (TPSA) is 57.2 Å². The molecule has 0 unspecified atom stereocenters. The number of fused-ring (bicyclic) bond motifs is 10. The first-order valence-corrected chi connectivity index (χ1v) is 34.6. The van der Waals surface area contributed by atoms with Crippen LogP contribution in [0, 0.1) is 41.5 Å². The van der Waals surface area contributed by atoms with Gasteiger partial charge in [0.15, 0.2) is 0 Å². The van der Waals surface area contributed by atoms with Crippen LogP contribution < -0.4 is 61.9 Å². The van der Waals surface area contributed by atoms with Crippen LogP contribution in [-0.2, 0) is 21.7 Å². The molecule has 0 fully saturated rings. The zero-order chi connectivity index (χ0) is 66.2. The van der Waals surface area contributed by atoms with Crippen molar-refractivity contribution in [3.63, 3.8) is 0 Å². The van der Waals surface area contributed by atoms with Gasteiger partial charge in [0.1, 0.15) is 23.1 Å². The Bertz CT molecular complexity index is 4770. The number of ether oxygens (including phenoxy) is 2. The number of rotatable bonds is 8. The van der Waals surface area contributed by atoms with Crippen LogP contribution in [0.2, 0.25) is 0 Å². The molecule has 4 aliphatic heterocycles. The first-order chi connectivity index (χ1) is 46.1. The Morgan fingerprint density at radius 3 is 1.09 bits per heavy atom. The molecule has 0 amide bonds. The highest BCUT2D eigenvalue weighted by Gasteiger charge is 2.50. The molecule has 0 spiro atoms. The van der Waals surface area contributed by atoms with Crippen molar-refractivity contribution in [1.82, 2.24) is 9.97 Å². The molecule has 6 aliphatic rings. The summed E-state index contributed by atoms with van der Waals surface area (Å²) < 4.78 is 15.3. The summed E-state index contributed by atoms with van der Waals surface area (Å²) in [7, 11) is 0. The van der Waals surface area contributed by atoms with E-state index in [1.54, 1.807) is 0 Å². The maximum Gasteiger partial charge on any atom is 0.258 e. The summed E-state index contributed by atoms with van der Waals surface area (Å²) in [4.78, 5) is 21.4. The third kappa shape index (κ3) is 9.02. The molecular weight excluding hydrogens is 1170 g/mol. The van der Waals surface area contributed by atoms with Gasteiger partial charge in [-0.3, -0.25) is 9.80 Å². The molecule has 96 heavy (non-hydrogen) atoms. The highest BCUT2D eigenvalue weighted by molar-refractivity contribution is 7.02. The Balaban J connectivity index is 0.918. The highest BCUT2D eigenvalue weighted by atomic mass is 16.5. The number of para-hydroxylation sites is 6. The lowest BCUT2D eigenvalue weighted by Crippen LogP contribution is -2.63. The smallest absolute Gasteiger partial charge is 0.258 e. The van der Waals surface area contributed by atoms with E-state index >= 15 is 0 Å². The van der Waals surface area contributed by atoms with Crippen LogP contribution in [0.3, 0.4) is 0 Å². The predicted molar refractivity (Wildman–Crippen MR) is 402 cm³/mol. The van der Waals surface area contributed by atoms with Gasteiger partial charge in [-0.15, -0.1) is 0 Å². The summed E-state index contributed by atoms with van der Waals surface area (Å²) in [5, 5.41) is 0.